The SMILES string of the molecule is [2H]C(C)(C)c1ccnc(-c2[c-]ccc3c2oc2cc4c5ccccc5c5ccccc5c4cc23)c1.[CH3][Ge]([CH3])([CH3])[c]1ccc(-c2[c-]cccc2)nc1.[Ir]. The van der Waals surface area contributed by atoms with E-state index in [9.17, 15) is 0 Å². The van der Waals surface area contributed by atoms with Crippen LogP contribution in [-0.2, 0) is 20.1 Å². The van der Waals surface area contributed by atoms with Crippen molar-refractivity contribution >= 4 is 71.9 Å². The molecule has 5 heteroatoms. The third-order valence-corrected chi connectivity index (χ3v) is 13.8. The molecule has 0 aliphatic carbocycles. The third kappa shape index (κ3) is 6.65. The number of nitrogens with zero attached hydrogens (tertiary/aromatic N) is 2. The Labute approximate surface area is 316 Å². The van der Waals surface area contributed by atoms with E-state index in [0.29, 0.717) is 0 Å². The number of aromatic nitrogens is 2. The Morgan fingerprint density at radius 2 is 1.29 bits per heavy atom. The second kappa shape index (κ2) is 14.2. The van der Waals surface area contributed by atoms with Gasteiger partial charge in [0, 0.05) is 33.1 Å². The summed E-state index contributed by atoms with van der Waals surface area (Å²) in [4.78, 5) is 9.14. The molecule has 6 aromatic carbocycles. The topological polar surface area (TPSA) is 38.9 Å². The molecule has 0 saturated carbocycles. The van der Waals surface area contributed by atoms with Crippen LogP contribution in [0.1, 0.15) is 26.7 Å². The molecule has 51 heavy (non-hydrogen) atoms. The average Bonchev–Trinajstić information content (AvgIpc) is 3.52. The van der Waals surface area contributed by atoms with E-state index in [4.69, 9.17) is 5.79 Å². The van der Waals surface area contributed by atoms with Gasteiger partial charge in [-0.15, -0.1) is 18.2 Å². The molecule has 253 valence electrons. The minimum Gasteiger partial charge on any atom is 0 e. The van der Waals surface area contributed by atoms with Gasteiger partial charge in [0.2, 0.25) is 0 Å². The number of hydrogen-bond acceptors (Lipinski definition) is 3. The fourth-order valence-corrected chi connectivity index (χ4v) is 8.93. The van der Waals surface area contributed by atoms with E-state index in [1.807, 2.05) is 62.5 Å². The molecular formula is C46H38GeIrN2O-2. The van der Waals surface area contributed by atoms with Gasteiger partial charge in [0.1, 0.15) is 5.58 Å². The van der Waals surface area contributed by atoms with Crippen LogP contribution in [0.5, 0.6) is 0 Å². The molecule has 0 aliphatic heterocycles. The van der Waals surface area contributed by atoms with E-state index in [1.54, 1.807) is 6.20 Å². The summed E-state index contributed by atoms with van der Waals surface area (Å²) in [6.45, 7) is 3.77. The van der Waals surface area contributed by atoms with Crippen molar-refractivity contribution in [3.8, 4) is 22.5 Å². The van der Waals surface area contributed by atoms with Gasteiger partial charge in [0.15, 0.2) is 0 Å². The summed E-state index contributed by atoms with van der Waals surface area (Å²) in [6, 6.07) is 48.4. The first-order valence-electron chi connectivity index (χ1n) is 17.6. The minimum atomic E-state index is -1.72. The van der Waals surface area contributed by atoms with Gasteiger partial charge in [-0.25, -0.2) is 0 Å². The first kappa shape index (κ1) is 33.5. The minimum absolute atomic E-state index is 0. The van der Waals surface area contributed by atoms with Crippen LogP contribution in [-0.4, -0.2) is 23.2 Å². The second-order valence-electron chi connectivity index (χ2n) is 14.1. The number of hydrogen-bond donors (Lipinski definition) is 0. The van der Waals surface area contributed by atoms with Crippen molar-refractivity contribution in [1.29, 1.82) is 0 Å². The molecule has 0 atom stereocenters. The van der Waals surface area contributed by atoms with Crippen molar-refractivity contribution in [2.45, 2.75) is 37.0 Å². The molecule has 3 nitrogen and oxygen atoms in total. The van der Waals surface area contributed by atoms with Crippen LogP contribution in [0.25, 0.3) is 76.8 Å². The van der Waals surface area contributed by atoms with E-state index in [0.717, 1.165) is 50.0 Å². The quantitative estimate of drug-likeness (QED) is 0.100. The molecule has 0 amide bonds. The predicted molar refractivity (Wildman–Crippen MR) is 214 cm³/mol. The molecule has 9 aromatic rings. The Morgan fingerprint density at radius 3 is 1.90 bits per heavy atom. The van der Waals surface area contributed by atoms with E-state index in [-0.39, 0.29) is 20.1 Å². The molecule has 0 saturated heterocycles. The zero-order valence-electron chi connectivity index (χ0n) is 30.3. The molecule has 3 heterocycles. The van der Waals surface area contributed by atoms with Gasteiger partial charge in [-0.2, -0.15) is 0 Å². The first-order valence-corrected chi connectivity index (χ1v) is 24.4. The molecule has 0 unspecified atom stereocenters. The smallest absolute Gasteiger partial charge is 0 e. The molecule has 1 radical (unpaired) electrons. The largest absolute Gasteiger partial charge is 0 e. The van der Waals surface area contributed by atoms with Crippen LogP contribution in [0, 0.1) is 12.1 Å². The van der Waals surface area contributed by atoms with E-state index >= 15 is 0 Å². The summed E-state index contributed by atoms with van der Waals surface area (Å²) < 4.78 is 16.4. The Kier molecular flexibility index (Phi) is 9.33. The number of benzene rings is 6. The van der Waals surface area contributed by atoms with Crippen LogP contribution >= 0.6 is 0 Å². The van der Waals surface area contributed by atoms with Crippen molar-refractivity contribution in [2.75, 3.05) is 0 Å². The van der Waals surface area contributed by atoms with Crippen LogP contribution in [0.3, 0.4) is 0 Å². The fourth-order valence-electron chi connectivity index (χ4n) is 6.76. The van der Waals surface area contributed by atoms with Crippen molar-refractivity contribution in [2.24, 2.45) is 0 Å². The fraction of sp³-hybridized carbons (Fsp3) is 0.130. The van der Waals surface area contributed by atoms with Crippen LogP contribution in [0.15, 0.2) is 138 Å². The van der Waals surface area contributed by atoms with Crippen molar-refractivity contribution in [3.63, 3.8) is 0 Å². The van der Waals surface area contributed by atoms with Gasteiger partial charge >= 0.3 is 99.8 Å². The van der Waals surface area contributed by atoms with E-state index < -0.39 is 19.2 Å². The number of furan rings is 1. The molecule has 0 bridgehead atoms. The summed E-state index contributed by atoms with van der Waals surface area (Å²) in [7, 11) is 0. The van der Waals surface area contributed by atoms with Gasteiger partial charge in [-0.3, -0.25) is 0 Å². The Morgan fingerprint density at radius 1 is 0.627 bits per heavy atom. The Hall–Kier alpha value is -4.61. The second-order valence-corrected chi connectivity index (χ2v) is 24.7. The maximum absolute atomic E-state index is 8.44. The summed E-state index contributed by atoms with van der Waals surface area (Å²) >= 11 is -1.72. The molecule has 0 fully saturated rings. The van der Waals surface area contributed by atoms with Gasteiger partial charge in [0.05, 0.1) is 5.58 Å². The van der Waals surface area contributed by atoms with Gasteiger partial charge in [0.25, 0.3) is 0 Å². The molecule has 9 rings (SSSR count). The molecule has 3 aromatic heterocycles. The number of rotatable bonds is 4. The van der Waals surface area contributed by atoms with Crippen molar-refractivity contribution in [1.82, 2.24) is 9.97 Å². The van der Waals surface area contributed by atoms with Crippen molar-refractivity contribution in [3.05, 3.63) is 151 Å². The first-order chi connectivity index (χ1) is 24.6. The monoisotopic (exact) mass is 902 g/mol. The third-order valence-electron chi connectivity index (χ3n) is 9.50. The van der Waals surface area contributed by atoms with Crippen LogP contribution in [0.4, 0.5) is 0 Å². The summed E-state index contributed by atoms with van der Waals surface area (Å²) in [5, 5.41) is 9.52. The number of pyridine rings is 2. The van der Waals surface area contributed by atoms with Crippen LogP contribution < -0.4 is 4.40 Å². The molecular weight excluding hydrogens is 861 g/mol. The van der Waals surface area contributed by atoms with Crippen molar-refractivity contribution < 1.29 is 25.9 Å². The van der Waals surface area contributed by atoms with Gasteiger partial charge in [-0.1, -0.05) is 85.0 Å². The van der Waals surface area contributed by atoms with Crippen LogP contribution in [0.2, 0.25) is 17.3 Å². The summed E-state index contributed by atoms with van der Waals surface area (Å²) in [5.41, 5.74) is 6.21. The Bertz CT molecular complexity index is 2710. The molecule has 0 spiro atoms. The molecule has 0 N–H and O–H groups in total. The van der Waals surface area contributed by atoms with Gasteiger partial charge in [-0.05, 0) is 62.1 Å². The maximum atomic E-state index is 8.44. The maximum Gasteiger partial charge on any atom is 0 e. The summed E-state index contributed by atoms with van der Waals surface area (Å²) in [5.74, 6) is 6.43. The Balaban J connectivity index is 0.000000209. The normalized spacial score (nSPS) is 12.1. The average molecular weight is 901 g/mol. The molecule has 0 aliphatic rings. The van der Waals surface area contributed by atoms with E-state index in [2.05, 4.69) is 118 Å². The van der Waals surface area contributed by atoms with Gasteiger partial charge < -0.3 is 9.40 Å². The van der Waals surface area contributed by atoms with E-state index in [1.165, 1.54) is 36.7 Å². The zero-order valence-corrected chi connectivity index (χ0v) is 33.8. The summed E-state index contributed by atoms with van der Waals surface area (Å²) in [6.07, 6.45) is 3.80. The predicted octanol–water partition coefficient (Wildman–Crippen LogP) is 12.1. The zero-order chi connectivity index (χ0) is 35.3. The number of fused-ring (bicyclic) bond motifs is 9. The standard InChI is InChI=1S/C32H22NO.C14H16GeN.Ir/c1-19(2)20-14-15-33-30(16-20)26-13-7-12-25-29-17-27-23-10-5-3-8-21(23)22-9-4-6-11-24(22)28(27)18-31(29)34-32(25)26;1-15(2,3)13-9-10-14(16-11-13)12-7-5-4-6-8-12;/h3-12,14-19H,1-2H3;4-7,9-11H,1-3H3;/q2*-1;/i19D;;.